The van der Waals surface area contributed by atoms with Crippen molar-refractivity contribution in [2.24, 2.45) is 5.92 Å². The summed E-state index contributed by atoms with van der Waals surface area (Å²) in [6, 6.07) is 1.95. The van der Waals surface area contributed by atoms with E-state index < -0.39 is 0 Å². The van der Waals surface area contributed by atoms with Gasteiger partial charge in [-0.15, -0.1) is 0 Å². The molecule has 5 heteroatoms. The summed E-state index contributed by atoms with van der Waals surface area (Å²) in [6.45, 7) is 0.623. The fourth-order valence-electron chi connectivity index (χ4n) is 3.56. The van der Waals surface area contributed by atoms with Crippen LogP contribution >= 0.6 is 0 Å². The Kier molecular flexibility index (Phi) is 4.19. The molecule has 0 spiro atoms. The normalized spacial score (nSPS) is 28.2. The minimum Gasteiger partial charge on any atom is -0.469 e. The van der Waals surface area contributed by atoms with Gasteiger partial charge in [-0.2, -0.15) is 0 Å². The Morgan fingerprint density at radius 3 is 3.05 bits per heavy atom. The molecule has 1 fully saturated rings. The molecule has 1 saturated carbocycles. The summed E-state index contributed by atoms with van der Waals surface area (Å²) in [5.74, 6) is 1.22. The molecule has 0 bridgehead atoms. The van der Waals surface area contributed by atoms with Crippen LogP contribution in [-0.2, 0) is 6.42 Å². The Hall–Kier alpha value is -1.49. The van der Waals surface area contributed by atoms with Crippen LogP contribution in [0.1, 0.15) is 49.5 Å². The summed E-state index contributed by atoms with van der Waals surface area (Å²) in [7, 11) is 1.81. The molecule has 3 unspecified atom stereocenters. The van der Waals surface area contributed by atoms with Crippen molar-refractivity contribution in [2.75, 3.05) is 13.6 Å². The highest BCUT2D eigenvalue weighted by Crippen LogP contribution is 2.31. The van der Waals surface area contributed by atoms with Crippen LogP contribution in [0.5, 0.6) is 0 Å². The molecule has 0 radical (unpaired) electrons. The fourth-order valence-corrected chi connectivity index (χ4v) is 3.56. The van der Waals surface area contributed by atoms with Gasteiger partial charge in [0.25, 0.3) is 0 Å². The van der Waals surface area contributed by atoms with Gasteiger partial charge in [0.15, 0.2) is 0 Å². The summed E-state index contributed by atoms with van der Waals surface area (Å²) < 4.78 is 5.45. The second-order valence-corrected chi connectivity index (χ2v) is 6.33. The molecule has 1 aromatic heterocycles. The topological polar surface area (TPSA) is 65.7 Å². The molecule has 2 aliphatic carbocycles. The number of furan rings is 1. The zero-order chi connectivity index (χ0) is 14.8. The van der Waals surface area contributed by atoms with Crippen molar-refractivity contribution in [3.05, 3.63) is 23.7 Å². The first kappa shape index (κ1) is 14.4. The van der Waals surface area contributed by atoms with Crippen molar-refractivity contribution in [3.63, 3.8) is 0 Å². The summed E-state index contributed by atoms with van der Waals surface area (Å²) >= 11 is 0. The number of rotatable bonds is 3. The monoisotopic (exact) mass is 292 g/mol. The molecule has 2 N–H and O–H groups in total. The number of aliphatic hydroxyl groups is 1. The van der Waals surface area contributed by atoms with Gasteiger partial charge in [-0.3, -0.25) is 0 Å². The molecule has 2 amide bonds. The number of nitrogens with zero attached hydrogens (tertiary/aromatic N) is 1. The molecule has 0 aromatic carbocycles. The predicted molar refractivity (Wildman–Crippen MR) is 78.9 cm³/mol. The maximum absolute atomic E-state index is 12.3. The van der Waals surface area contributed by atoms with Gasteiger partial charge >= 0.3 is 6.03 Å². The van der Waals surface area contributed by atoms with Gasteiger partial charge in [0, 0.05) is 31.5 Å². The number of hydrogen-bond donors (Lipinski definition) is 2. The third-order valence-electron chi connectivity index (χ3n) is 4.82. The molecule has 1 heterocycles. The third-order valence-corrected chi connectivity index (χ3v) is 4.82. The molecular formula is C16H24N2O3. The standard InChI is InChI=1S/C16H24N2O3/c1-18(10-11-4-2-6-14(11)19)16(20)17-13-5-3-7-15-12(13)8-9-21-15/h8-9,11,13-14,19H,2-7,10H2,1H3,(H,17,20). The first-order valence-electron chi connectivity index (χ1n) is 7.91. The van der Waals surface area contributed by atoms with Crippen molar-refractivity contribution < 1.29 is 14.3 Å². The van der Waals surface area contributed by atoms with Crippen LogP contribution in [0.25, 0.3) is 0 Å². The van der Waals surface area contributed by atoms with E-state index in [1.165, 1.54) is 0 Å². The number of carbonyl (C=O) groups is 1. The zero-order valence-electron chi connectivity index (χ0n) is 12.5. The molecule has 116 valence electrons. The first-order valence-corrected chi connectivity index (χ1v) is 7.91. The number of hydrogen-bond acceptors (Lipinski definition) is 3. The van der Waals surface area contributed by atoms with Crippen LogP contribution in [0, 0.1) is 5.92 Å². The van der Waals surface area contributed by atoms with Gasteiger partial charge in [0.05, 0.1) is 18.4 Å². The molecule has 0 aliphatic heterocycles. The Balaban J connectivity index is 1.57. The van der Waals surface area contributed by atoms with Crippen molar-refractivity contribution in [1.29, 1.82) is 0 Å². The average molecular weight is 292 g/mol. The van der Waals surface area contributed by atoms with Gasteiger partial charge < -0.3 is 19.7 Å². The van der Waals surface area contributed by atoms with E-state index in [4.69, 9.17) is 4.42 Å². The predicted octanol–water partition coefficient (Wildman–Crippen LogP) is 2.46. The quantitative estimate of drug-likeness (QED) is 0.899. The summed E-state index contributed by atoms with van der Waals surface area (Å²) in [5.41, 5.74) is 1.11. The Labute approximate surface area is 125 Å². The Morgan fingerprint density at radius 1 is 1.43 bits per heavy atom. The molecule has 2 aliphatic rings. The lowest BCUT2D eigenvalue weighted by Crippen LogP contribution is -2.43. The number of carbonyl (C=O) groups excluding carboxylic acids is 1. The second kappa shape index (κ2) is 6.10. The van der Waals surface area contributed by atoms with Crippen LogP contribution in [0.4, 0.5) is 4.79 Å². The number of aryl methyl sites for hydroxylation is 1. The maximum Gasteiger partial charge on any atom is 0.317 e. The molecule has 5 nitrogen and oxygen atoms in total. The lowest BCUT2D eigenvalue weighted by atomic mass is 9.93. The molecule has 3 atom stereocenters. The van der Waals surface area contributed by atoms with Crippen molar-refractivity contribution >= 4 is 6.03 Å². The molecule has 3 rings (SSSR count). The van der Waals surface area contributed by atoms with Crippen molar-refractivity contribution in [3.8, 4) is 0 Å². The molecule has 21 heavy (non-hydrogen) atoms. The molecule has 1 aromatic rings. The highest BCUT2D eigenvalue weighted by Gasteiger charge is 2.29. The Bertz CT molecular complexity index is 499. The molecular weight excluding hydrogens is 268 g/mol. The number of nitrogens with one attached hydrogen (secondary N) is 1. The van der Waals surface area contributed by atoms with E-state index in [1.807, 2.05) is 6.07 Å². The number of aliphatic hydroxyl groups excluding tert-OH is 1. The van der Waals surface area contributed by atoms with Gasteiger partial charge in [0.1, 0.15) is 5.76 Å². The zero-order valence-corrected chi connectivity index (χ0v) is 12.5. The maximum atomic E-state index is 12.3. The van der Waals surface area contributed by atoms with Crippen LogP contribution in [0.15, 0.2) is 16.7 Å². The van der Waals surface area contributed by atoms with E-state index in [2.05, 4.69) is 5.32 Å². The van der Waals surface area contributed by atoms with Crippen LogP contribution in [-0.4, -0.2) is 35.7 Å². The summed E-state index contributed by atoms with van der Waals surface area (Å²) in [4.78, 5) is 14.0. The summed E-state index contributed by atoms with van der Waals surface area (Å²) in [5, 5.41) is 13.0. The largest absolute Gasteiger partial charge is 0.469 e. The van der Waals surface area contributed by atoms with Gasteiger partial charge in [-0.25, -0.2) is 4.79 Å². The molecule has 0 saturated heterocycles. The third kappa shape index (κ3) is 3.07. The highest BCUT2D eigenvalue weighted by molar-refractivity contribution is 5.74. The average Bonchev–Trinajstić information content (AvgIpc) is 3.09. The van der Waals surface area contributed by atoms with E-state index in [0.717, 1.165) is 49.8 Å². The fraction of sp³-hybridized carbons (Fsp3) is 0.688. The van der Waals surface area contributed by atoms with Gasteiger partial charge in [-0.05, 0) is 31.7 Å². The number of fused-ring (bicyclic) bond motifs is 1. The van der Waals surface area contributed by atoms with Crippen molar-refractivity contribution in [1.82, 2.24) is 10.2 Å². The van der Waals surface area contributed by atoms with E-state index in [9.17, 15) is 9.90 Å². The van der Waals surface area contributed by atoms with Gasteiger partial charge in [0.2, 0.25) is 0 Å². The van der Waals surface area contributed by atoms with E-state index >= 15 is 0 Å². The van der Waals surface area contributed by atoms with Gasteiger partial charge in [-0.1, -0.05) is 6.42 Å². The first-order chi connectivity index (χ1) is 10.1. The Morgan fingerprint density at radius 2 is 2.29 bits per heavy atom. The van der Waals surface area contributed by atoms with E-state index in [1.54, 1.807) is 18.2 Å². The van der Waals surface area contributed by atoms with Crippen LogP contribution < -0.4 is 5.32 Å². The van der Waals surface area contributed by atoms with E-state index in [-0.39, 0.29) is 24.1 Å². The lowest BCUT2D eigenvalue weighted by Gasteiger charge is -2.28. The number of amides is 2. The number of urea groups is 1. The van der Waals surface area contributed by atoms with Crippen LogP contribution in [0.2, 0.25) is 0 Å². The minimum absolute atomic E-state index is 0.0518. The van der Waals surface area contributed by atoms with Crippen molar-refractivity contribution in [2.45, 2.75) is 50.7 Å². The smallest absolute Gasteiger partial charge is 0.317 e. The minimum atomic E-state index is -0.254. The lowest BCUT2D eigenvalue weighted by molar-refractivity contribution is 0.113. The second-order valence-electron chi connectivity index (χ2n) is 6.33. The summed E-state index contributed by atoms with van der Waals surface area (Å²) in [6.07, 6.45) is 7.33. The SMILES string of the molecule is CN(CC1CCCC1O)C(=O)NC1CCCc2occc21. The van der Waals surface area contributed by atoms with Crippen LogP contribution in [0.3, 0.4) is 0 Å². The van der Waals surface area contributed by atoms with E-state index in [0.29, 0.717) is 6.54 Å². The highest BCUT2D eigenvalue weighted by atomic mass is 16.3.